The van der Waals surface area contributed by atoms with Crippen molar-refractivity contribution in [1.82, 2.24) is 10.2 Å². The molecule has 2 aliphatic rings. The predicted octanol–water partition coefficient (Wildman–Crippen LogP) is 0.517. The van der Waals surface area contributed by atoms with E-state index in [-0.39, 0.29) is 11.9 Å². The molecular weight excluding hydrogens is 216 g/mol. The highest BCUT2D eigenvalue weighted by Gasteiger charge is 2.29. The van der Waals surface area contributed by atoms with E-state index in [1.165, 1.54) is 11.1 Å². The fourth-order valence-electron chi connectivity index (χ4n) is 2.43. The highest BCUT2D eigenvalue weighted by molar-refractivity contribution is 5.82. The van der Waals surface area contributed by atoms with Gasteiger partial charge in [0.15, 0.2) is 0 Å². The largest absolute Gasteiger partial charge is 0.378 e. The maximum Gasteiger partial charge on any atom is 0.242 e. The lowest BCUT2D eigenvalue weighted by Gasteiger charge is -2.27. The Labute approximate surface area is 101 Å². The lowest BCUT2D eigenvalue weighted by atomic mass is 10.1. The van der Waals surface area contributed by atoms with E-state index in [1.54, 1.807) is 0 Å². The van der Waals surface area contributed by atoms with Crippen LogP contribution >= 0.6 is 0 Å². The van der Waals surface area contributed by atoms with Crippen LogP contribution in [0.15, 0.2) is 24.3 Å². The van der Waals surface area contributed by atoms with Crippen LogP contribution in [0.2, 0.25) is 0 Å². The first-order valence-electron chi connectivity index (χ1n) is 6.01. The summed E-state index contributed by atoms with van der Waals surface area (Å²) in [6, 6.07) is 8.06. The number of amides is 1. The smallest absolute Gasteiger partial charge is 0.242 e. The second kappa shape index (κ2) is 4.47. The van der Waals surface area contributed by atoms with Crippen LogP contribution in [0.3, 0.4) is 0 Å². The van der Waals surface area contributed by atoms with Gasteiger partial charge >= 0.3 is 0 Å². The summed E-state index contributed by atoms with van der Waals surface area (Å²) < 4.78 is 5.33. The molecule has 0 radical (unpaired) electrons. The van der Waals surface area contributed by atoms with Crippen molar-refractivity contribution in [1.29, 1.82) is 0 Å². The van der Waals surface area contributed by atoms with Crippen LogP contribution in [0.25, 0.3) is 0 Å². The van der Waals surface area contributed by atoms with Gasteiger partial charge in [-0.1, -0.05) is 24.3 Å². The Morgan fingerprint density at radius 2 is 2.00 bits per heavy atom. The van der Waals surface area contributed by atoms with Crippen LogP contribution in [-0.2, 0) is 22.6 Å². The zero-order valence-electron chi connectivity index (χ0n) is 9.69. The Kier molecular flexibility index (Phi) is 2.82. The molecule has 1 aromatic carbocycles. The first kappa shape index (κ1) is 10.7. The Morgan fingerprint density at radius 1 is 1.29 bits per heavy atom. The summed E-state index contributed by atoms with van der Waals surface area (Å²) in [5.74, 6) is 0.154. The van der Waals surface area contributed by atoms with E-state index in [1.807, 2.05) is 17.0 Å². The molecule has 1 N–H and O–H groups in total. The van der Waals surface area contributed by atoms with Crippen LogP contribution in [0.1, 0.15) is 11.1 Å². The molecule has 3 rings (SSSR count). The number of nitrogens with zero attached hydrogens (tertiary/aromatic N) is 1. The summed E-state index contributed by atoms with van der Waals surface area (Å²) in [5, 5.41) is 3.21. The van der Waals surface area contributed by atoms with Crippen molar-refractivity contribution in [2.45, 2.75) is 19.1 Å². The molecule has 1 amide bonds. The van der Waals surface area contributed by atoms with Crippen molar-refractivity contribution in [3.05, 3.63) is 35.4 Å². The summed E-state index contributed by atoms with van der Waals surface area (Å²) in [6.07, 6.45) is 0. The molecule has 0 saturated carbocycles. The van der Waals surface area contributed by atoms with E-state index in [9.17, 15) is 4.79 Å². The van der Waals surface area contributed by atoms with Crippen LogP contribution < -0.4 is 5.32 Å². The number of hydrogen-bond donors (Lipinski definition) is 1. The van der Waals surface area contributed by atoms with Gasteiger partial charge in [-0.2, -0.15) is 0 Å². The standard InChI is InChI=1S/C13H16N2O2/c16-13(12-9-17-6-5-14-12)15-7-10-3-1-2-4-11(10)8-15/h1-4,12,14H,5-9H2. The normalized spacial score (nSPS) is 23.5. The molecule has 1 aromatic rings. The molecule has 0 aliphatic carbocycles. The van der Waals surface area contributed by atoms with E-state index in [0.29, 0.717) is 13.2 Å². The van der Waals surface area contributed by atoms with Gasteiger partial charge in [-0.05, 0) is 11.1 Å². The molecule has 0 bridgehead atoms. The fraction of sp³-hybridized carbons (Fsp3) is 0.462. The monoisotopic (exact) mass is 232 g/mol. The van der Waals surface area contributed by atoms with Gasteiger partial charge in [-0.25, -0.2) is 0 Å². The van der Waals surface area contributed by atoms with Crippen LogP contribution in [0, 0.1) is 0 Å². The van der Waals surface area contributed by atoms with Crippen molar-refractivity contribution in [3.63, 3.8) is 0 Å². The Hall–Kier alpha value is -1.39. The SMILES string of the molecule is O=C(C1COCCN1)N1Cc2ccccc2C1. The van der Waals surface area contributed by atoms with Crippen LogP contribution in [0.4, 0.5) is 0 Å². The van der Waals surface area contributed by atoms with E-state index < -0.39 is 0 Å². The van der Waals surface area contributed by atoms with Crippen molar-refractivity contribution in [2.24, 2.45) is 0 Å². The Balaban J connectivity index is 1.69. The number of carbonyl (C=O) groups excluding carboxylic acids is 1. The molecule has 90 valence electrons. The molecule has 0 aromatic heterocycles. The summed E-state index contributed by atoms with van der Waals surface area (Å²) >= 11 is 0. The second-order valence-electron chi connectivity index (χ2n) is 4.54. The predicted molar refractivity (Wildman–Crippen MR) is 63.3 cm³/mol. The first-order valence-corrected chi connectivity index (χ1v) is 6.01. The van der Waals surface area contributed by atoms with Gasteiger partial charge in [-0.15, -0.1) is 0 Å². The zero-order valence-corrected chi connectivity index (χ0v) is 9.69. The van der Waals surface area contributed by atoms with Gasteiger partial charge in [0.05, 0.1) is 13.2 Å². The maximum absolute atomic E-state index is 12.3. The molecule has 17 heavy (non-hydrogen) atoms. The third kappa shape index (κ3) is 2.06. The average molecular weight is 232 g/mol. The molecular formula is C13H16N2O2. The van der Waals surface area contributed by atoms with E-state index in [2.05, 4.69) is 17.4 Å². The fourth-order valence-corrected chi connectivity index (χ4v) is 2.43. The number of ether oxygens (including phenoxy) is 1. The highest BCUT2D eigenvalue weighted by Crippen LogP contribution is 2.22. The van der Waals surface area contributed by atoms with Gasteiger partial charge in [0.2, 0.25) is 5.91 Å². The molecule has 1 atom stereocenters. The summed E-state index contributed by atoms with van der Waals surface area (Å²) in [6.45, 7) is 3.41. The number of fused-ring (bicyclic) bond motifs is 1. The zero-order chi connectivity index (χ0) is 11.7. The number of carbonyl (C=O) groups is 1. The van der Waals surface area contributed by atoms with Crippen LogP contribution in [-0.4, -0.2) is 36.6 Å². The topological polar surface area (TPSA) is 41.6 Å². The van der Waals surface area contributed by atoms with Crippen molar-refractivity contribution in [3.8, 4) is 0 Å². The molecule has 1 fully saturated rings. The molecule has 0 spiro atoms. The molecule has 1 saturated heterocycles. The molecule has 2 aliphatic heterocycles. The minimum atomic E-state index is -0.168. The van der Waals surface area contributed by atoms with Crippen molar-refractivity contribution >= 4 is 5.91 Å². The van der Waals surface area contributed by atoms with E-state index >= 15 is 0 Å². The Morgan fingerprint density at radius 3 is 2.59 bits per heavy atom. The molecule has 4 nitrogen and oxygen atoms in total. The van der Waals surface area contributed by atoms with Gasteiger partial charge in [0.1, 0.15) is 6.04 Å². The molecule has 4 heteroatoms. The quantitative estimate of drug-likeness (QED) is 0.767. The molecule has 1 unspecified atom stereocenters. The average Bonchev–Trinajstić information content (AvgIpc) is 2.82. The third-order valence-electron chi connectivity index (χ3n) is 3.37. The minimum absolute atomic E-state index is 0.154. The van der Waals surface area contributed by atoms with Crippen molar-refractivity contribution < 1.29 is 9.53 Å². The van der Waals surface area contributed by atoms with Gasteiger partial charge in [-0.3, -0.25) is 4.79 Å². The van der Waals surface area contributed by atoms with Gasteiger partial charge in [0.25, 0.3) is 0 Å². The van der Waals surface area contributed by atoms with E-state index in [0.717, 1.165) is 19.6 Å². The molecule has 2 heterocycles. The van der Waals surface area contributed by atoms with Crippen molar-refractivity contribution in [2.75, 3.05) is 19.8 Å². The number of nitrogens with one attached hydrogen (secondary N) is 1. The Bertz CT molecular complexity index is 402. The van der Waals surface area contributed by atoms with Gasteiger partial charge < -0.3 is 15.0 Å². The lowest BCUT2D eigenvalue weighted by molar-refractivity contribution is -0.137. The summed E-state index contributed by atoms with van der Waals surface area (Å²) in [7, 11) is 0. The summed E-state index contributed by atoms with van der Waals surface area (Å²) in [4.78, 5) is 14.2. The number of rotatable bonds is 1. The van der Waals surface area contributed by atoms with Gasteiger partial charge in [0, 0.05) is 19.6 Å². The number of hydrogen-bond acceptors (Lipinski definition) is 3. The second-order valence-corrected chi connectivity index (χ2v) is 4.54. The first-order chi connectivity index (χ1) is 8.34. The third-order valence-corrected chi connectivity index (χ3v) is 3.37. The van der Waals surface area contributed by atoms with Crippen LogP contribution in [0.5, 0.6) is 0 Å². The number of benzene rings is 1. The lowest BCUT2D eigenvalue weighted by Crippen LogP contribution is -2.51. The minimum Gasteiger partial charge on any atom is -0.378 e. The maximum atomic E-state index is 12.3. The highest BCUT2D eigenvalue weighted by atomic mass is 16.5. The summed E-state index contributed by atoms with van der Waals surface area (Å²) in [5.41, 5.74) is 2.52. The van der Waals surface area contributed by atoms with E-state index in [4.69, 9.17) is 4.74 Å². The number of morpholine rings is 1.